The number of nitrogens with zero attached hydrogens (tertiary/aromatic N) is 1. The zero-order valence-corrected chi connectivity index (χ0v) is 10.5. The normalized spacial score (nSPS) is 13.1. The lowest BCUT2D eigenvalue weighted by molar-refractivity contribution is 0.379. The summed E-state index contributed by atoms with van der Waals surface area (Å²) >= 11 is 5.61. The minimum Gasteiger partial charge on any atom is -0.327 e. The van der Waals surface area contributed by atoms with E-state index in [9.17, 15) is 4.39 Å². The minimum absolute atomic E-state index is 0.0583. The third kappa shape index (κ3) is 4.47. The number of hydrogen-bond acceptors (Lipinski definition) is 2. The molecule has 0 radical (unpaired) electrons. The topological polar surface area (TPSA) is 29.3 Å². The maximum Gasteiger partial charge on any atom is 0.142 e. The first-order valence-corrected chi connectivity index (χ1v) is 5.71. The van der Waals surface area contributed by atoms with Gasteiger partial charge in [-0.15, -0.1) is 0 Å². The van der Waals surface area contributed by atoms with E-state index in [0.29, 0.717) is 6.42 Å². The second-order valence-corrected chi connectivity index (χ2v) is 4.71. The third-order valence-corrected chi connectivity index (χ3v) is 2.74. The minimum atomic E-state index is -0.376. The van der Waals surface area contributed by atoms with Crippen LogP contribution >= 0.6 is 11.6 Å². The Morgan fingerprint density at radius 2 is 2.12 bits per heavy atom. The summed E-state index contributed by atoms with van der Waals surface area (Å²) in [4.78, 5) is 2.09. The summed E-state index contributed by atoms with van der Waals surface area (Å²) in [6.07, 6.45) is 1.58. The average molecular weight is 245 g/mol. The molecule has 0 saturated heterocycles. The molecular formula is C12H18ClFN2. The summed E-state index contributed by atoms with van der Waals surface area (Å²) in [5, 5.41) is 0.158. The van der Waals surface area contributed by atoms with E-state index < -0.39 is 0 Å². The van der Waals surface area contributed by atoms with Crippen LogP contribution in [0.5, 0.6) is 0 Å². The predicted molar refractivity (Wildman–Crippen MR) is 66.3 cm³/mol. The average Bonchev–Trinajstić information content (AvgIpc) is 2.21. The van der Waals surface area contributed by atoms with E-state index in [2.05, 4.69) is 4.90 Å². The van der Waals surface area contributed by atoms with Crippen LogP contribution in [0.1, 0.15) is 12.0 Å². The van der Waals surface area contributed by atoms with Crippen molar-refractivity contribution in [2.75, 3.05) is 20.6 Å². The molecule has 2 N–H and O–H groups in total. The Bertz CT molecular complexity index is 342. The van der Waals surface area contributed by atoms with Gasteiger partial charge in [0.25, 0.3) is 0 Å². The van der Waals surface area contributed by atoms with E-state index in [1.165, 1.54) is 6.07 Å². The molecular weight excluding hydrogens is 227 g/mol. The second kappa shape index (κ2) is 6.18. The van der Waals surface area contributed by atoms with Crippen LogP contribution < -0.4 is 5.73 Å². The molecule has 0 amide bonds. The van der Waals surface area contributed by atoms with Gasteiger partial charge in [-0.3, -0.25) is 0 Å². The van der Waals surface area contributed by atoms with E-state index >= 15 is 0 Å². The lowest BCUT2D eigenvalue weighted by Crippen LogP contribution is -2.28. The van der Waals surface area contributed by atoms with E-state index in [1.54, 1.807) is 6.07 Å². The first kappa shape index (κ1) is 13.4. The Hall–Kier alpha value is -0.640. The summed E-state index contributed by atoms with van der Waals surface area (Å²) in [5.41, 5.74) is 6.86. The highest BCUT2D eigenvalue weighted by Crippen LogP contribution is 2.16. The Morgan fingerprint density at radius 1 is 1.44 bits per heavy atom. The van der Waals surface area contributed by atoms with Crippen LogP contribution in [0, 0.1) is 5.82 Å². The molecule has 1 unspecified atom stereocenters. The van der Waals surface area contributed by atoms with Gasteiger partial charge in [0.2, 0.25) is 0 Å². The number of benzene rings is 1. The lowest BCUT2D eigenvalue weighted by atomic mass is 10.0. The van der Waals surface area contributed by atoms with Crippen LogP contribution in [0.25, 0.3) is 0 Å². The molecule has 0 aliphatic carbocycles. The van der Waals surface area contributed by atoms with Crippen LogP contribution in [0.3, 0.4) is 0 Å². The van der Waals surface area contributed by atoms with Crippen LogP contribution in [-0.2, 0) is 6.42 Å². The van der Waals surface area contributed by atoms with E-state index in [-0.39, 0.29) is 16.9 Å². The van der Waals surface area contributed by atoms with E-state index in [1.807, 2.05) is 20.2 Å². The van der Waals surface area contributed by atoms with Crippen LogP contribution in [0.4, 0.5) is 4.39 Å². The molecule has 2 nitrogen and oxygen atoms in total. The van der Waals surface area contributed by atoms with Gasteiger partial charge in [-0.1, -0.05) is 17.7 Å². The maximum absolute atomic E-state index is 13.2. The first-order chi connectivity index (χ1) is 7.49. The van der Waals surface area contributed by atoms with Crippen molar-refractivity contribution in [3.8, 4) is 0 Å². The van der Waals surface area contributed by atoms with E-state index in [4.69, 9.17) is 17.3 Å². The molecule has 0 fully saturated rings. The summed E-state index contributed by atoms with van der Waals surface area (Å²) in [6.45, 7) is 0.942. The van der Waals surface area contributed by atoms with Gasteiger partial charge < -0.3 is 10.6 Å². The second-order valence-electron chi connectivity index (χ2n) is 4.30. The Balaban J connectivity index is 2.49. The molecule has 0 aliphatic rings. The molecule has 1 aromatic carbocycles. The largest absolute Gasteiger partial charge is 0.327 e. The zero-order chi connectivity index (χ0) is 12.1. The number of rotatable bonds is 5. The SMILES string of the molecule is CN(C)CCC(N)Cc1ccc(Cl)c(F)c1. The van der Waals surface area contributed by atoms with Gasteiger partial charge in [0, 0.05) is 6.04 Å². The van der Waals surface area contributed by atoms with Crippen LogP contribution in [0.2, 0.25) is 5.02 Å². The highest BCUT2D eigenvalue weighted by Gasteiger charge is 2.07. The predicted octanol–water partition coefficient (Wildman–Crippen LogP) is 2.30. The van der Waals surface area contributed by atoms with Gasteiger partial charge in [-0.25, -0.2) is 4.39 Å². The van der Waals surface area contributed by atoms with Gasteiger partial charge in [0.15, 0.2) is 0 Å². The molecule has 0 bridgehead atoms. The van der Waals surface area contributed by atoms with Gasteiger partial charge in [0.05, 0.1) is 5.02 Å². The Labute approximate surface area is 101 Å². The van der Waals surface area contributed by atoms with Crippen molar-refractivity contribution in [1.29, 1.82) is 0 Å². The highest BCUT2D eigenvalue weighted by atomic mass is 35.5. The molecule has 1 aromatic rings. The van der Waals surface area contributed by atoms with E-state index in [0.717, 1.165) is 18.5 Å². The molecule has 4 heteroatoms. The molecule has 90 valence electrons. The van der Waals surface area contributed by atoms with Crippen molar-refractivity contribution in [3.63, 3.8) is 0 Å². The summed E-state index contributed by atoms with van der Waals surface area (Å²) in [7, 11) is 4.02. The van der Waals surface area contributed by atoms with Gasteiger partial charge >= 0.3 is 0 Å². The van der Waals surface area contributed by atoms with Crippen molar-refractivity contribution in [2.24, 2.45) is 5.73 Å². The summed E-state index contributed by atoms with van der Waals surface area (Å²) in [6, 6.07) is 4.91. The number of halogens is 2. The molecule has 16 heavy (non-hydrogen) atoms. The van der Waals surface area contributed by atoms with Gasteiger partial charge in [-0.2, -0.15) is 0 Å². The van der Waals surface area contributed by atoms with Crippen molar-refractivity contribution >= 4 is 11.6 Å². The van der Waals surface area contributed by atoms with Crippen molar-refractivity contribution < 1.29 is 4.39 Å². The quantitative estimate of drug-likeness (QED) is 0.861. The molecule has 0 aliphatic heterocycles. The molecule has 0 saturated carbocycles. The van der Waals surface area contributed by atoms with Gasteiger partial charge in [0.1, 0.15) is 5.82 Å². The fraction of sp³-hybridized carbons (Fsp3) is 0.500. The van der Waals surface area contributed by atoms with Crippen LogP contribution in [-0.4, -0.2) is 31.6 Å². The zero-order valence-electron chi connectivity index (χ0n) is 9.71. The molecule has 0 spiro atoms. The maximum atomic E-state index is 13.2. The monoisotopic (exact) mass is 244 g/mol. The fourth-order valence-electron chi connectivity index (χ4n) is 1.50. The van der Waals surface area contributed by atoms with Crippen molar-refractivity contribution in [2.45, 2.75) is 18.9 Å². The van der Waals surface area contributed by atoms with Crippen molar-refractivity contribution in [3.05, 3.63) is 34.6 Å². The van der Waals surface area contributed by atoms with Gasteiger partial charge in [-0.05, 0) is 51.2 Å². The third-order valence-electron chi connectivity index (χ3n) is 2.43. The molecule has 1 rings (SSSR count). The lowest BCUT2D eigenvalue weighted by Gasteiger charge is -2.15. The summed E-state index contributed by atoms with van der Waals surface area (Å²) < 4.78 is 13.2. The highest BCUT2D eigenvalue weighted by molar-refractivity contribution is 6.30. The Morgan fingerprint density at radius 3 is 2.69 bits per heavy atom. The number of nitrogens with two attached hydrogens (primary N) is 1. The van der Waals surface area contributed by atoms with Crippen LogP contribution in [0.15, 0.2) is 18.2 Å². The molecule has 0 heterocycles. The summed E-state index contributed by atoms with van der Waals surface area (Å²) in [5.74, 6) is -0.376. The first-order valence-electron chi connectivity index (χ1n) is 5.33. The standard InChI is InChI=1S/C12H18ClFN2/c1-16(2)6-5-10(15)7-9-3-4-11(13)12(14)8-9/h3-4,8,10H,5-7,15H2,1-2H3. The Kier molecular flexibility index (Phi) is 5.19. The molecule has 0 aromatic heterocycles. The fourth-order valence-corrected chi connectivity index (χ4v) is 1.61. The smallest absolute Gasteiger partial charge is 0.142 e. The molecule has 1 atom stereocenters. The van der Waals surface area contributed by atoms with Crippen molar-refractivity contribution in [1.82, 2.24) is 4.90 Å². The number of hydrogen-bond donors (Lipinski definition) is 1.